The van der Waals surface area contributed by atoms with Crippen LogP contribution in [0.1, 0.15) is 239 Å². The van der Waals surface area contributed by atoms with Crippen molar-refractivity contribution in [2.45, 2.75) is 239 Å². The second kappa shape index (κ2) is 43.7. The van der Waals surface area contributed by atoms with E-state index >= 15 is 0 Å². The van der Waals surface area contributed by atoms with Gasteiger partial charge in [0, 0.05) is 37.4 Å². The minimum atomic E-state index is 0.0985. The highest BCUT2D eigenvalue weighted by molar-refractivity contribution is 7.99. The third kappa shape index (κ3) is 40.3. The van der Waals surface area contributed by atoms with Crippen molar-refractivity contribution < 1.29 is 15.3 Å². The van der Waals surface area contributed by atoms with Gasteiger partial charge in [0.15, 0.2) is 0 Å². The number of hydrogen-bond donors (Lipinski definition) is 2. The fraction of sp³-hybridized carbons (Fsp3) is 0.956. The van der Waals surface area contributed by atoms with Crippen molar-refractivity contribution in [3.63, 3.8) is 0 Å². The van der Waals surface area contributed by atoms with Crippen molar-refractivity contribution in [3.05, 3.63) is 0 Å². The fourth-order valence-corrected chi connectivity index (χ4v) is 7.99. The molecular formula is C45H92N3O2S+. The molecule has 0 bridgehead atoms. The normalized spacial score (nSPS) is 11.4. The van der Waals surface area contributed by atoms with Crippen molar-refractivity contribution in [3.8, 4) is 0 Å². The van der Waals surface area contributed by atoms with E-state index in [9.17, 15) is 9.59 Å². The molecule has 0 saturated heterocycles. The van der Waals surface area contributed by atoms with Gasteiger partial charge in [-0.25, -0.2) is 0 Å². The first-order valence-electron chi connectivity index (χ1n) is 23.1. The van der Waals surface area contributed by atoms with Crippen LogP contribution < -0.4 is 11.1 Å². The Balaban J connectivity index is 4.04. The predicted octanol–water partition coefficient (Wildman–Crippen LogP) is 12.6. The lowest BCUT2D eigenvalue weighted by Crippen LogP contribution is -2.54. The lowest BCUT2D eigenvalue weighted by atomic mass is 10.0. The maximum Gasteiger partial charge on any atom is 0.223 e. The van der Waals surface area contributed by atoms with E-state index in [1.54, 1.807) is 11.8 Å². The molecule has 0 aromatic rings. The number of unbranched alkanes of at least 4 members (excludes halogenated alkanes) is 31. The Morgan fingerprint density at radius 2 is 0.745 bits per heavy atom. The number of carbonyl (C=O) groups is 2. The van der Waals surface area contributed by atoms with Crippen LogP contribution in [0.2, 0.25) is 0 Å². The zero-order valence-corrected chi connectivity index (χ0v) is 35.7. The third-order valence-corrected chi connectivity index (χ3v) is 11.6. The van der Waals surface area contributed by atoms with Crippen LogP contribution in [0.3, 0.4) is 0 Å². The molecule has 2 amide bonds. The average molecular weight is 739 g/mol. The van der Waals surface area contributed by atoms with E-state index in [0.29, 0.717) is 25.3 Å². The SMILES string of the molecule is CCCCCCCCCCCCCCCCCCCN(CCCCCCCCCCCCCCCCCC)C(=O)CCSCCC(=O)NCC[NH3+]. The van der Waals surface area contributed by atoms with Crippen LogP contribution >= 0.6 is 11.8 Å². The lowest BCUT2D eigenvalue weighted by Gasteiger charge is -2.23. The molecular weight excluding hydrogens is 647 g/mol. The van der Waals surface area contributed by atoms with Gasteiger partial charge in [-0.1, -0.05) is 213 Å². The summed E-state index contributed by atoms with van der Waals surface area (Å²) >= 11 is 1.74. The van der Waals surface area contributed by atoms with Crippen LogP contribution in [0, 0.1) is 0 Å². The molecule has 0 saturated carbocycles. The largest absolute Gasteiger partial charge is 0.356 e. The molecule has 0 spiro atoms. The van der Waals surface area contributed by atoms with Gasteiger partial charge in [-0.2, -0.15) is 11.8 Å². The van der Waals surface area contributed by atoms with Gasteiger partial charge in [0.1, 0.15) is 0 Å². The summed E-state index contributed by atoms with van der Waals surface area (Å²) < 4.78 is 0. The Labute approximate surface area is 324 Å². The predicted molar refractivity (Wildman–Crippen MR) is 228 cm³/mol. The summed E-state index contributed by atoms with van der Waals surface area (Å²) in [5.41, 5.74) is 3.77. The minimum Gasteiger partial charge on any atom is -0.356 e. The first-order chi connectivity index (χ1) is 25.2. The number of carbonyl (C=O) groups excluding carboxylic acids is 2. The van der Waals surface area contributed by atoms with E-state index < -0.39 is 0 Å². The number of quaternary nitrogens is 1. The van der Waals surface area contributed by atoms with Gasteiger partial charge in [-0.05, 0) is 12.8 Å². The van der Waals surface area contributed by atoms with Crippen LogP contribution in [0.15, 0.2) is 0 Å². The van der Waals surface area contributed by atoms with E-state index in [1.807, 2.05) is 0 Å². The highest BCUT2D eigenvalue weighted by Crippen LogP contribution is 2.17. The molecule has 0 unspecified atom stereocenters. The van der Waals surface area contributed by atoms with Crippen LogP contribution in [0.4, 0.5) is 0 Å². The number of hydrogen-bond acceptors (Lipinski definition) is 3. The molecule has 0 aliphatic heterocycles. The molecule has 0 fully saturated rings. The van der Waals surface area contributed by atoms with Crippen molar-refractivity contribution in [2.24, 2.45) is 0 Å². The second-order valence-electron chi connectivity index (χ2n) is 15.7. The Hall–Kier alpha value is -0.750. The van der Waals surface area contributed by atoms with Crippen molar-refractivity contribution in [1.82, 2.24) is 10.2 Å². The fourth-order valence-electron chi connectivity index (χ4n) is 7.14. The summed E-state index contributed by atoms with van der Waals surface area (Å²) in [6, 6.07) is 0. The van der Waals surface area contributed by atoms with Crippen molar-refractivity contribution in [2.75, 3.05) is 37.7 Å². The van der Waals surface area contributed by atoms with E-state index in [1.165, 1.54) is 199 Å². The van der Waals surface area contributed by atoms with Gasteiger partial charge < -0.3 is 16.0 Å². The van der Waals surface area contributed by atoms with Crippen molar-refractivity contribution in [1.29, 1.82) is 0 Å². The van der Waals surface area contributed by atoms with E-state index in [0.717, 1.165) is 44.0 Å². The van der Waals surface area contributed by atoms with Gasteiger partial charge in [-0.3, -0.25) is 9.59 Å². The topological polar surface area (TPSA) is 77.1 Å². The maximum absolute atomic E-state index is 13.2. The molecule has 6 heteroatoms. The van der Waals surface area contributed by atoms with Gasteiger partial charge >= 0.3 is 0 Å². The average Bonchev–Trinajstić information content (AvgIpc) is 3.13. The van der Waals surface area contributed by atoms with Crippen molar-refractivity contribution >= 4 is 23.6 Å². The van der Waals surface area contributed by atoms with E-state index in [-0.39, 0.29) is 5.91 Å². The van der Waals surface area contributed by atoms with E-state index in [4.69, 9.17) is 0 Å². The second-order valence-corrected chi connectivity index (χ2v) is 16.9. The minimum absolute atomic E-state index is 0.0985. The third-order valence-electron chi connectivity index (χ3n) is 10.6. The first kappa shape index (κ1) is 50.2. The summed E-state index contributed by atoms with van der Waals surface area (Å²) in [6.45, 7) is 7.81. The molecule has 5 nitrogen and oxygen atoms in total. The van der Waals surface area contributed by atoms with Gasteiger partial charge in [0.2, 0.25) is 11.8 Å². The molecule has 304 valence electrons. The summed E-state index contributed by atoms with van der Waals surface area (Å²) in [5, 5.41) is 2.89. The Bertz CT molecular complexity index is 707. The summed E-state index contributed by atoms with van der Waals surface area (Å²) in [5.74, 6) is 2.02. The molecule has 0 aromatic carbocycles. The molecule has 0 aromatic heterocycles. The zero-order valence-electron chi connectivity index (χ0n) is 34.9. The highest BCUT2D eigenvalue weighted by Gasteiger charge is 2.13. The number of nitrogens with one attached hydrogen (secondary N) is 1. The molecule has 4 N–H and O–H groups in total. The van der Waals surface area contributed by atoms with Crippen LogP contribution in [0.25, 0.3) is 0 Å². The lowest BCUT2D eigenvalue weighted by molar-refractivity contribution is -0.364. The van der Waals surface area contributed by atoms with Crippen LogP contribution in [-0.4, -0.2) is 54.4 Å². The van der Waals surface area contributed by atoms with E-state index in [2.05, 4.69) is 29.8 Å². The smallest absolute Gasteiger partial charge is 0.223 e. The maximum atomic E-state index is 13.2. The molecule has 0 aliphatic rings. The van der Waals surface area contributed by atoms with Gasteiger partial charge in [-0.15, -0.1) is 0 Å². The zero-order chi connectivity index (χ0) is 37.1. The number of amides is 2. The monoisotopic (exact) mass is 739 g/mol. The summed E-state index contributed by atoms with van der Waals surface area (Å²) in [7, 11) is 0. The van der Waals surface area contributed by atoms with Crippen LogP contribution in [-0.2, 0) is 9.59 Å². The standard InChI is InChI=1S/C45H91N3O2S/c1-3-5-7-9-11-13-15-17-19-21-23-25-27-29-31-33-35-41-48(45(50)37-43-51-42-36-44(49)47-39-38-46)40-34-32-30-28-26-24-22-20-18-16-14-12-10-8-6-4-2/h3-43,46H2,1-2H3,(H,47,49)/p+1. The first-order valence-corrected chi connectivity index (χ1v) is 24.2. The molecule has 0 heterocycles. The highest BCUT2D eigenvalue weighted by atomic mass is 32.2. The molecule has 0 aliphatic carbocycles. The Morgan fingerprint density at radius 3 is 1.06 bits per heavy atom. The summed E-state index contributed by atoms with van der Waals surface area (Å²) in [6.07, 6.45) is 46.7. The van der Waals surface area contributed by atoms with Gasteiger partial charge in [0.25, 0.3) is 0 Å². The molecule has 0 atom stereocenters. The Kier molecular flexibility index (Phi) is 43.0. The molecule has 51 heavy (non-hydrogen) atoms. The number of nitrogens with zero attached hydrogens (tertiary/aromatic N) is 1. The molecule has 0 radical (unpaired) electrons. The quantitative estimate of drug-likeness (QED) is 0.0612. The number of thioether (sulfide) groups is 1. The summed E-state index contributed by atoms with van der Waals surface area (Å²) in [4.78, 5) is 27.2. The van der Waals surface area contributed by atoms with Crippen LogP contribution in [0.5, 0.6) is 0 Å². The van der Waals surface area contributed by atoms with Gasteiger partial charge in [0.05, 0.1) is 13.1 Å². The molecule has 0 rings (SSSR count). The Morgan fingerprint density at radius 1 is 0.451 bits per heavy atom. The number of rotatable bonds is 43.